The molecule has 4 aromatic rings. The molecule has 1 aliphatic heterocycles. The van der Waals surface area contributed by atoms with E-state index in [-0.39, 0.29) is 4.90 Å². The molecule has 4 aromatic carbocycles. The molecule has 258 valence electrons. The van der Waals surface area contributed by atoms with Gasteiger partial charge in [-0.1, -0.05) is 110 Å². The number of anilines is 2. The highest BCUT2D eigenvalue weighted by molar-refractivity contribution is 7.86. The summed E-state index contributed by atoms with van der Waals surface area (Å²) in [4.78, 5) is 3.55. The third kappa shape index (κ3) is 6.85. The van der Waals surface area contributed by atoms with Crippen LogP contribution in [-0.2, 0) is 10.1 Å². The second-order valence-electron chi connectivity index (χ2n) is 14.4. The van der Waals surface area contributed by atoms with Crippen LogP contribution in [0.15, 0.2) is 106 Å². The van der Waals surface area contributed by atoms with Crippen molar-refractivity contribution in [1.82, 2.24) is 0 Å². The Morgan fingerprint density at radius 3 is 1.80 bits per heavy atom. The second kappa shape index (κ2) is 13.9. The Morgan fingerprint density at radius 2 is 1.22 bits per heavy atom. The van der Waals surface area contributed by atoms with E-state index in [1.165, 1.54) is 28.3 Å². The summed E-state index contributed by atoms with van der Waals surface area (Å²) in [5.74, 6) is 1.85. The van der Waals surface area contributed by atoms with Gasteiger partial charge in [0, 0.05) is 56.7 Å². The Kier molecular flexibility index (Phi) is 9.75. The number of hydrogen-bond donors (Lipinski definition) is 3. The number of hydrogen-bond acceptors (Lipinski definition) is 4. The zero-order valence-corrected chi connectivity index (χ0v) is 30.9. The molecule has 0 saturated carbocycles. The normalized spacial score (nSPS) is 12.7. The van der Waals surface area contributed by atoms with Crippen molar-refractivity contribution in [3.63, 3.8) is 0 Å². The molecule has 0 saturated heterocycles. The van der Waals surface area contributed by atoms with E-state index in [9.17, 15) is 13.0 Å². The van der Waals surface area contributed by atoms with Crippen LogP contribution in [0.1, 0.15) is 101 Å². The monoisotopic (exact) mass is 687 g/mol. The van der Waals surface area contributed by atoms with Crippen LogP contribution in [0.25, 0.3) is 33.4 Å². The summed E-state index contributed by atoms with van der Waals surface area (Å²) in [6.07, 6.45) is 0. The van der Waals surface area contributed by atoms with Crippen molar-refractivity contribution in [2.45, 2.75) is 84.0 Å². The largest absolute Gasteiger partial charge is 0.456 e. The van der Waals surface area contributed by atoms with Crippen LogP contribution in [0.4, 0.5) is 17.1 Å². The second-order valence-corrected chi connectivity index (χ2v) is 15.8. The molecule has 0 atom stereocenters. The van der Waals surface area contributed by atoms with Gasteiger partial charge in [-0.05, 0) is 59.1 Å². The Labute approximate surface area is 296 Å². The molecule has 0 unspecified atom stereocenters. The van der Waals surface area contributed by atoms with E-state index in [0.29, 0.717) is 46.1 Å². The molecule has 1 aliphatic carbocycles. The van der Waals surface area contributed by atoms with Gasteiger partial charge in [0.15, 0.2) is 0 Å². The van der Waals surface area contributed by atoms with Crippen LogP contribution >= 0.6 is 0 Å². The fourth-order valence-corrected chi connectivity index (χ4v) is 7.61. The van der Waals surface area contributed by atoms with Gasteiger partial charge in [-0.25, -0.2) is 4.99 Å². The SMILES string of the molecule is CC(C)c1cccc(C(C)C)c1Nc1ccc2c(-c3ccccc3S(=O)(=O)O)c3ccc(=[NH+]c4c(C(C)C)cccc4C(C)C)cc-3oc2c1. The first kappa shape index (κ1) is 35.1. The van der Waals surface area contributed by atoms with Crippen molar-refractivity contribution in [3.8, 4) is 22.5 Å². The molecular formula is C43H47N2O4S+. The predicted octanol–water partition coefficient (Wildman–Crippen LogP) is 10.0. The van der Waals surface area contributed by atoms with Crippen molar-refractivity contribution in [2.24, 2.45) is 0 Å². The summed E-state index contributed by atoms with van der Waals surface area (Å²) >= 11 is 0. The van der Waals surface area contributed by atoms with Crippen molar-refractivity contribution in [1.29, 1.82) is 0 Å². The molecule has 0 radical (unpaired) electrons. The summed E-state index contributed by atoms with van der Waals surface area (Å²) in [6, 6.07) is 31.3. The minimum Gasteiger partial charge on any atom is -0.456 e. The number of benzene rings is 5. The molecular weight excluding hydrogens is 641 g/mol. The lowest BCUT2D eigenvalue weighted by molar-refractivity contribution is -0.404. The molecule has 3 N–H and O–H groups in total. The highest BCUT2D eigenvalue weighted by Crippen LogP contribution is 2.43. The topological polar surface area (TPSA) is 93.5 Å². The smallest absolute Gasteiger partial charge is 0.295 e. The zero-order chi connectivity index (χ0) is 35.9. The van der Waals surface area contributed by atoms with E-state index >= 15 is 0 Å². The van der Waals surface area contributed by atoms with E-state index in [1.54, 1.807) is 18.2 Å². The molecule has 0 aromatic heterocycles. The minimum absolute atomic E-state index is 0.155. The van der Waals surface area contributed by atoms with Crippen molar-refractivity contribution >= 4 is 38.1 Å². The lowest BCUT2D eigenvalue weighted by Gasteiger charge is -2.22. The van der Waals surface area contributed by atoms with E-state index in [4.69, 9.17) is 4.42 Å². The Morgan fingerprint density at radius 1 is 0.640 bits per heavy atom. The van der Waals surface area contributed by atoms with Gasteiger partial charge in [0.25, 0.3) is 10.1 Å². The van der Waals surface area contributed by atoms with E-state index in [1.807, 2.05) is 36.4 Å². The fourth-order valence-electron chi connectivity index (χ4n) is 6.91. The third-order valence-electron chi connectivity index (χ3n) is 9.44. The summed E-state index contributed by atoms with van der Waals surface area (Å²) in [7, 11) is -4.52. The molecule has 2 aliphatic rings. The third-order valence-corrected chi connectivity index (χ3v) is 10.4. The first-order valence-electron chi connectivity index (χ1n) is 17.4. The number of para-hydroxylation sites is 2. The van der Waals surface area contributed by atoms with Crippen LogP contribution in [0.5, 0.6) is 0 Å². The Hall–Kier alpha value is -4.72. The standard InChI is InChI=1S/C43H46N2O4S/c1-25(2)31-14-11-15-32(26(3)4)42(31)44-29-19-21-35-38(23-29)49-39-24-30(45-43-33(27(5)6)16-12-17-34(43)28(7)8)20-22-36(39)41(35)37-13-9-10-18-40(37)50(46,47)48/h9-28,44H,1-8H3,(H,46,47,48)/p+1. The average Bonchev–Trinajstić information content (AvgIpc) is 3.06. The van der Waals surface area contributed by atoms with E-state index in [0.717, 1.165) is 33.4 Å². The molecule has 0 bridgehead atoms. The minimum atomic E-state index is -4.52. The van der Waals surface area contributed by atoms with Crippen molar-refractivity contribution in [2.75, 3.05) is 5.32 Å². The highest BCUT2D eigenvalue weighted by Gasteiger charge is 2.25. The molecule has 0 fully saturated rings. The maximum atomic E-state index is 12.7. The first-order chi connectivity index (χ1) is 23.7. The summed E-state index contributed by atoms with van der Waals surface area (Å²) in [6.45, 7) is 17.6. The molecule has 6 rings (SSSR count). The molecule has 0 amide bonds. The lowest BCUT2D eigenvalue weighted by Crippen LogP contribution is -2.71. The van der Waals surface area contributed by atoms with Crippen LogP contribution in [-0.4, -0.2) is 13.0 Å². The molecule has 0 spiro atoms. The van der Waals surface area contributed by atoms with Gasteiger partial charge >= 0.3 is 0 Å². The van der Waals surface area contributed by atoms with Gasteiger partial charge in [-0.15, -0.1) is 0 Å². The van der Waals surface area contributed by atoms with Gasteiger partial charge in [-0.2, -0.15) is 8.42 Å². The van der Waals surface area contributed by atoms with Gasteiger partial charge in [0.2, 0.25) is 11.0 Å². The molecule has 6 nitrogen and oxygen atoms in total. The average molecular weight is 688 g/mol. The van der Waals surface area contributed by atoms with Crippen LogP contribution in [0, 0.1) is 0 Å². The number of rotatable bonds is 9. The van der Waals surface area contributed by atoms with Crippen LogP contribution in [0.2, 0.25) is 0 Å². The molecule has 7 heteroatoms. The van der Waals surface area contributed by atoms with E-state index in [2.05, 4.69) is 102 Å². The quantitative estimate of drug-likeness (QED) is 0.104. The number of fused-ring (bicyclic) bond motifs is 2. The Bertz CT molecular complexity index is 2300. The fraction of sp³-hybridized carbons (Fsp3) is 0.279. The van der Waals surface area contributed by atoms with Gasteiger partial charge in [0.1, 0.15) is 16.2 Å². The van der Waals surface area contributed by atoms with Crippen molar-refractivity contribution < 1.29 is 22.4 Å². The van der Waals surface area contributed by atoms with Gasteiger partial charge < -0.3 is 9.73 Å². The highest BCUT2D eigenvalue weighted by atomic mass is 32.2. The van der Waals surface area contributed by atoms with Gasteiger partial charge in [0.05, 0.1) is 6.07 Å². The van der Waals surface area contributed by atoms with Crippen LogP contribution < -0.4 is 15.7 Å². The van der Waals surface area contributed by atoms with Crippen molar-refractivity contribution in [3.05, 3.63) is 125 Å². The summed E-state index contributed by atoms with van der Waals surface area (Å²) < 4.78 is 42.4. The lowest BCUT2D eigenvalue weighted by atomic mass is 9.92. The molecule has 50 heavy (non-hydrogen) atoms. The van der Waals surface area contributed by atoms with Crippen LogP contribution in [0.3, 0.4) is 0 Å². The summed E-state index contributed by atoms with van der Waals surface area (Å²) in [5, 5.41) is 5.29. The zero-order valence-electron chi connectivity index (χ0n) is 30.1. The maximum Gasteiger partial charge on any atom is 0.295 e. The first-order valence-corrected chi connectivity index (χ1v) is 18.9. The van der Waals surface area contributed by atoms with Gasteiger partial charge in [-0.3, -0.25) is 4.55 Å². The Balaban J connectivity index is 1.64. The number of nitrogens with one attached hydrogen (secondary N) is 2. The van der Waals surface area contributed by atoms with E-state index < -0.39 is 10.1 Å². The summed E-state index contributed by atoms with van der Waals surface area (Å²) in [5.41, 5.74) is 10.3. The predicted molar refractivity (Wildman–Crippen MR) is 204 cm³/mol. The molecule has 1 heterocycles. The maximum absolute atomic E-state index is 12.7.